The minimum Gasteiger partial charge on any atom is -0.466 e. The molecular formula is C12H16O2S. The Balaban J connectivity index is 2.61. The molecule has 15 heavy (non-hydrogen) atoms. The molecule has 1 atom stereocenters. The molecule has 1 rings (SSSR count). The van der Waals surface area contributed by atoms with Gasteiger partial charge in [-0.3, -0.25) is 4.79 Å². The standard InChI is InChI=1S/C12H16O2S/c1-3-14-12(13)9-11(15-2)10-7-5-4-6-8-10/h4-8,11H,3,9H2,1-2H3. The fourth-order valence-corrected chi connectivity index (χ4v) is 2.11. The molecule has 0 heterocycles. The van der Waals surface area contributed by atoms with Crippen molar-refractivity contribution in [1.82, 2.24) is 0 Å². The lowest BCUT2D eigenvalue weighted by Gasteiger charge is -2.13. The Morgan fingerprint density at radius 2 is 2.07 bits per heavy atom. The van der Waals surface area contributed by atoms with E-state index in [4.69, 9.17) is 4.74 Å². The molecule has 0 amide bonds. The van der Waals surface area contributed by atoms with Crippen LogP contribution in [0.15, 0.2) is 30.3 Å². The summed E-state index contributed by atoms with van der Waals surface area (Å²) in [6, 6.07) is 10.0. The molecule has 0 saturated carbocycles. The van der Waals surface area contributed by atoms with Gasteiger partial charge in [-0.2, -0.15) is 11.8 Å². The van der Waals surface area contributed by atoms with Crippen molar-refractivity contribution < 1.29 is 9.53 Å². The van der Waals surface area contributed by atoms with Gasteiger partial charge in [-0.25, -0.2) is 0 Å². The zero-order valence-electron chi connectivity index (χ0n) is 9.10. The van der Waals surface area contributed by atoms with Crippen molar-refractivity contribution in [2.24, 2.45) is 0 Å². The molecule has 0 N–H and O–H groups in total. The first-order valence-electron chi connectivity index (χ1n) is 5.01. The fraction of sp³-hybridized carbons (Fsp3) is 0.417. The molecule has 1 aromatic carbocycles. The Kier molecular flexibility index (Phi) is 5.26. The van der Waals surface area contributed by atoms with Crippen molar-refractivity contribution in [3.63, 3.8) is 0 Å². The molecule has 0 aliphatic heterocycles. The molecule has 0 aromatic heterocycles. The van der Waals surface area contributed by atoms with E-state index in [-0.39, 0.29) is 11.2 Å². The van der Waals surface area contributed by atoms with Crippen LogP contribution in [-0.2, 0) is 9.53 Å². The lowest BCUT2D eigenvalue weighted by atomic mass is 10.1. The van der Waals surface area contributed by atoms with E-state index in [1.165, 1.54) is 5.56 Å². The zero-order valence-corrected chi connectivity index (χ0v) is 9.92. The average molecular weight is 224 g/mol. The number of benzene rings is 1. The van der Waals surface area contributed by atoms with Crippen LogP contribution in [0.25, 0.3) is 0 Å². The summed E-state index contributed by atoms with van der Waals surface area (Å²) in [6.45, 7) is 2.28. The molecule has 0 saturated heterocycles. The number of esters is 1. The van der Waals surface area contributed by atoms with Gasteiger partial charge < -0.3 is 4.74 Å². The van der Waals surface area contributed by atoms with E-state index in [2.05, 4.69) is 0 Å². The van der Waals surface area contributed by atoms with Crippen LogP contribution in [0.3, 0.4) is 0 Å². The van der Waals surface area contributed by atoms with E-state index in [0.717, 1.165) is 0 Å². The fourth-order valence-electron chi connectivity index (χ4n) is 1.38. The molecule has 0 bridgehead atoms. The van der Waals surface area contributed by atoms with Gasteiger partial charge >= 0.3 is 5.97 Å². The second kappa shape index (κ2) is 6.51. The van der Waals surface area contributed by atoms with E-state index in [9.17, 15) is 4.79 Å². The first-order valence-corrected chi connectivity index (χ1v) is 6.30. The van der Waals surface area contributed by atoms with Gasteiger partial charge in [0, 0.05) is 5.25 Å². The quantitative estimate of drug-likeness (QED) is 0.719. The Morgan fingerprint density at radius 3 is 2.60 bits per heavy atom. The van der Waals surface area contributed by atoms with Crippen LogP contribution in [0.4, 0.5) is 0 Å². The summed E-state index contributed by atoms with van der Waals surface area (Å²) in [5, 5.41) is 0.199. The SMILES string of the molecule is CCOC(=O)CC(SC)c1ccccc1. The molecule has 82 valence electrons. The van der Waals surface area contributed by atoms with Gasteiger partial charge in [0.15, 0.2) is 0 Å². The highest BCUT2D eigenvalue weighted by Crippen LogP contribution is 2.29. The van der Waals surface area contributed by atoms with Crippen molar-refractivity contribution in [2.75, 3.05) is 12.9 Å². The highest BCUT2D eigenvalue weighted by molar-refractivity contribution is 7.98. The van der Waals surface area contributed by atoms with Crippen LogP contribution in [0.1, 0.15) is 24.2 Å². The number of carbonyl (C=O) groups is 1. The number of carbonyl (C=O) groups excluding carboxylic acids is 1. The van der Waals surface area contributed by atoms with E-state index < -0.39 is 0 Å². The third kappa shape index (κ3) is 3.96. The molecule has 3 heteroatoms. The van der Waals surface area contributed by atoms with Crippen LogP contribution in [0.2, 0.25) is 0 Å². The first kappa shape index (κ1) is 12.1. The maximum atomic E-state index is 11.4. The minimum atomic E-state index is -0.124. The van der Waals surface area contributed by atoms with Gasteiger partial charge in [-0.15, -0.1) is 0 Å². The van der Waals surface area contributed by atoms with Gasteiger partial charge in [0.1, 0.15) is 0 Å². The lowest BCUT2D eigenvalue weighted by molar-refractivity contribution is -0.143. The summed E-state index contributed by atoms with van der Waals surface area (Å²) < 4.78 is 4.94. The number of hydrogen-bond donors (Lipinski definition) is 0. The second-order valence-electron chi connectivity index (χ2n) is 3.14. The van der Waals surface area contributed by atoms with Crippen LogP contribution >= 0.6 is 11.8 Å². The Labute approximate surface area is 95.0 Å². The number of thioether (sulfide) groups is 1. The third-order valence-electron chi connectivity index (χ3n) is 2.11. The Bertz CT molecular complexity index is 298. The molecule has 1 aromatic rings. The second-order valence-corrected chi connectivity index (χ2v) is 4.18. The largest absolute Gasteiger partial charge is 0.466 e. The van der Waals surface area contributed by atoms with E-state index >= 15 is 0 Å². The van der Waals surface area contributed by atoms with Crippen molar-refractivity contribution in [1.29, 1.82) is 0 Å². The molecule has 0 aliphatic rings. The number of rotatable bonds is 5. The van der Waals surface area contributed by atoms with E-state index in [0.29, 0.717) is 13.0 Å². The van der Waals surface area contributed by atoms with Crippen molar-refractivity contribution >= 4 is 17.7 Å². The summed E-state index contributed by atoms with van der Waals surface area (Å²) in [5.74, 6) is -0.124. The van der Waals surface area contributed by atoms with Crippen LogP contribution < -0.4 is 0 Å². The van der Waals surface area contributed by atoms with Crippen molar-refractivity contribution in [3.05, 3.63) is 35.9 Å². The topological polar surface area (TPSA) is 26.3 Å². The summed E-state index contributed by atoms with van der Waals surface area (Å²) in [7, 11) is 0. The Hall–Kier alpha value is -0.960. The highest BCUT2D eigenvalue weighted by Gasteiger charge is 2.14. The van der Waals surface area contributed by atoms with E-state index in [1.807, 2.05) is 43.5 Å². The molecule has 0 spiro atoms. The molecule has 0 aliphatic carbocycles. The van der Waals surface area contributed by atoms with Crippen molar-refractivity contribution in [2.45, 2.75) is 18.6 Å². The number of hydrogen-bond acceptors (Lipinski definition) is 3. The van der Waals surface area contributed by atoms with Gasteiger partial charge in [-0.1, -0.05) is 30.3 Å². The first-order chi connectivity index (χ1) is 7.27. The lowest BCUT2D eigenvalue weighted by Crippen LogP contribution is -2.08. The average Bonchev–Trinajstić information content (AvgIpc) is 2.27. The number of ether oxygens (including phenoxy) is 1. The van der Waals surface area contributed by atoms with Crippen LogP contribution in [0, 0.1) is 0 Å². The molecule has 0 fully saturated rings. The molecule has 2 nitrogen and oxygen atoms in total. The van der Waals surface area contributed by atoms with Crippen LogP contribution in [-0.4, -0.2) is 18.8 Å². The predicted octanol–water partition coefficient (Wildman–Crippen LogP) is 3.04. The zero-order chi connectivity index (χ0) is 11.1. The normalized spacial score (nSPS) is 12.1. The monoisotopic (exact) mass is 224 g/mol. The smallest absolute Gasteiger partial charge is 0.307 e. The summed E-state index contributed by atoms with van der Waals surface area (Å²) in [6.07, 6.45) is 2.45. The summed E-state index contributed by atoms with van der Waals surface area (Å²) in [5.41, 5.74) is 1.18. The van der Waals surface area contributed by atoms with Gasteiger partial charge in [0.05, 0.1) is 13.0 Å². The minimum absolute atomic E-state index is 0.124. The molecule has 0 radical (unpaired) electrons. The van der Waals surface area contributed by atoms with E-state index in [1.54, 1.807) is 11.8 Å². The summed E-state index contributed by atoms with van der Waals surface area (Å²) >= 11 is 1.68. The van der Waals surface area contributed by atoms with Gasteiger partial charge in [-0.05, 0) is 18.7 Å². The maximum Gasteiger partial charge on any atom is 0.307 e. The summed E-state index contributed by atoms with van der Waals surface area (Å²) in [4.78, 5) is 11.4. The maximum absolute atomic E-state index is 11.4. The van der Waals surface area contributed by atoms with Gasteiger partial charge in [0.25, 0.3) is 0 Å². The predicted molar refractivity (Wildman–Crippen MR) is 63.9 cm³/mol. The van der Waals surface area contributed by atoms with Gasteiger partial charge in [0.2, 0.25) is 0 Å². The highest BCUT2D eigenvalue weighted by atomic mass is 32.2. The molecule has 1 unspecified atom stereocenters. The van der Waals surface area contributed by atoms with Crippen molar-refractivity contribution in [3.8, 4) is 0 Å². The molecular weight excluding hydrogens is 208 g/mol. The third-order valence-corrected chi connectivity index (χ3v) is 3.12. The Morgan fingerprint density at radius 1 is 1.40 bits per heavy atom. The van der Waals surface area contributed by atoms with Crippen LogP contribution in [0.5, 0.6) is 0 Å².